The summed E-state index contributed by atoms with van der Waals surface area (Å²) in [6.45, 7) is 7.95. The monoisotopic (exact) mass is 232 g/mol. The minimum absolute atomic E-state index is 0.180. The van der Waals surface area contributed by atoms with E-state index in [0.717, 1.165) is 12.3 Å². The fraction of sp³-hybridized carbons (Fsp3) is 0.600. The molecule has 1 aliphatic heterocycles. The summed E-state index contributed by atoms with van der Waals surface area (Å²) >= 11 is 0. The van der Waals surface area contributed by atoms with Crippen molar-refractivity contribution in [2.45, 2.75) is 45.7 Å². The first-order chi connectivity index (χ1) is 8.11. The Morgan fingerprint density at radius 3 is 2.41 bits per heavy atom. The number of rotatable bonds is 3. The van der Waals surface area contributed by atoms with Gasteiger partial charge in [-0.2, -0.15) is 0 Å². The lowest BCUT2D eigenvalue weighted by molar-refractivity contribution is 0.625. The number of benzene rings is 1. The van der Waals surface area contributed by atoms with Gasteiger partial charge in [0.15, 0.2) is 0 Å². The molecule has 0 spiro atoms. The van der Waals surface area contributed by atoms with Gasteiger partial charge in [-0.05, 0) is 43.4 Å². The van der Waals surface area contributed by atoms with Crippen molar-refractivity contribution in [2.24, 2.45) is 11.7 Å². The molecule has 94 valence electrons. The summed E-state index contributed by atoms with van der Waals surface area (Å²) in [7, 11) is 0. The quantitative estimate of drug-likeness (QED) is 0.866. The van der Waals surface area contributed by atoms with Gasteiger partial charge in [0.2, 0.25) is 0 Å². The first-order valence-corrected chi connectivity index (χ1v) is 6.74. The second kappa shape index (κ2) is 5.09. The van der Waals surface area contributed by atoms with Crippen molar-refractivity contribution in [1.29, 1.82) is 0 Å². The molecule has 0 saturated carbocycles. The lowest BCUT2D eigenvalue weighted by atomic mass is 10.0. The topological polar surface area (TPSA) is 29.3 Å². The van der Waals surface area contributed by atoms with Gasteiger partial charge in [0.25, 0.3) is 0 Å². The van der Waals surface area contributed by atoms with Gasteiger partial charge in [0, 0.05) is 24.3 Å². The number of hydrogen-bond donors (Lipinski definition) is 1. The molecule has 1 heterocycles. The van der Waals surface area contributed by atoms with E-state index in [0.29, 0.717) is 6.04 Å². The van der Waals surface area contributed by atoms with Crippen molar-refractivity contribution in [2.75, 3.05) is 11.4 Å². The van der Waals surface area contributed by atoms with Gasteiger partial charge in [-0.1, -0.05) is 26.0 Å². The number of hydrogen-bond acceptors (Lipinski definition) is 2. The first kappa shape index (κ1) is 12.4. The fourth-order valence-corrected chi connectivity index (χ4v) is 2.81. The maximum Gasteiger partial charge on any atom is 0.0368 e. The van der Waals surface area contributed by atoms with E-state index >= 15 is 0 Å². The van der Waals surface area contributed by atoms with Crippen molar-refractivity contribution in [3.05, 3.63) is 29.8 Å². The van der Waals surface area contributed by atoms with Crippen LogP contribution in [0.15, 0.2) is 24.3 Å². The molecular formula is C15H24N2. The Hall–Kier alpha value is -1.02. The average molecular weight is 232 g/mol. The number of nitrogens with two attached hydrogens (primary N) is 1. The molecule has 3 atom stereocenters. The third-order valence-electron chi connectivity index (χ3n) is 3.88. The van der Waals surface area contributed by atoms with Gasteiger partial charge in [0.05, 0.1) is 0 Å². The van der Waals surface area contributed by atoms with Crippen LogP contribution in [0.4, 0.5) is 5.69 Å². The van der Waals surface area contributed by atoms with E-state index in [-0.39, 0.29) is 6.04 Å². The highest BCUT2D eigenvalue weighted by molar-refractivity contribution is 5.50. The zero-order valence-corrected chi connectivity index (χ0v) is 11.2. The fourth-order valence-electron chi connectivity index (χ4n) is 2.81. The van der Waals surface area contributed by atoms with Crippen molar-refractivity contribution in [3.8, 4) is 0 Å². The van der Waals surface area contributed by atoms with Crippen molar-refractivity contribution < 1.29 is 0 Å². The molecule has 2 rings (SSSR count). The van der Waals surface area contributed by atoms with E-state index in [2.05, 4.69) is 49.9 Å². The lowest BCUT2D eigenvalue weighted by Gasteiger charge is -2.24. The van der Waals surface area contributed by atoms with E-state index in [1.165, 1.54) is 24.2 Å². The molecule has 17 heavy (non-hydrogen) atoms. The molecule has 0 aliphatic carbocycles. The summed E-state index contributed by atoms with van der Waals surface area (Å²) in [6.07, 6.45) is 2.30. The molecule has 1 aromatic carbocycles. The minimum Gasteiger partial charge on any atom is -0.369 e. The van der Waals surface area contributed by atoms with Crippen LogP contribution in [-0.2, 0) is 0 Å². The van der Waals surface area contributed by atoms with Crippen LogP contribution in [-0.4, -0.2) is 12.6 Å². The second-order valence-corrected chi connectivity index (χ2v) is 5.45. The molecule has 2 N–H and O–H groups in total. The molecule has 2 unspecified atom stereocenters. The van der Waals surface area contributed by atoms with E-state index in [1.807, 2.05) is 0 Å². The smallest absolute Gasteiger partial charge is 0.0368 e. The SMILES string of the molecule is CC[C@H](N)c1ccc(N2CC(C)CC2C)cc1. The summed E-state index contributed by atoms with van der Waals surface area (Å²) in [6, 6.07) is 9.65. The van der Waals surface area contributed by atoms with Gasteiger partial charge < -0.3 is 10.6 Å². The van der Waals surface area contributed by atoms with Crippen molar-refractivity contribution >= 4 is 5.69 Å². The Balaban J connectivity index is 2.13. The lowest BCUT2D eigenvalue weighted by Crippen LogP contribution is -2.26. The van der Waals surface area contributed by atoms with Crippen LogP contribution in [0, 0.1) is 5.92 Å². The molecule has 1 aromatic rings. The molecule has 1 aliphatic rings. The highest BCUT2D eigenvalue weighted by Crippen LogP contribution is 2.29. The van der Waals surface area contributed by atoms with Crippen LogP contribution in [0.25, 0.3) is 0 Å². The average Bonchev–Trinajstić information content (AvgIpc) is 2.68. The Bertz CT molecular complexity index is 358. The van der Waals surface area contributed by atoms with E-state index in [4.69, 9.17) is 5.73 Å². The maximum atomic E-state index is 6.03. The minimum atomic E-state index is 0.180. The molecular weight excluding hydrogens is 208 g/mol. The molecule has 0 bridgehead atoms. The van der Waals surface area contributed by atoms with Gasteiger partial charge in [-0.25, -0.2) is 0 Å². The Kier molecular flexibility index (Phi) is 3.72. The summed E-state index contributed by atoms with van der Waals surface area (Å²) in [5.74, 6) is 0.808. The normalized spacial score (nSPS) is 26.2. The van der Waals surface area contributed by atoms with Gasteiger partial charge in [0.1, 0.15) is 0 Å². The van der Waals surface area contributed by atoms with Crippen LogP contribution < -0.4 is 10.6 Å². The Labute approximate surface area is 105 Å². The Morgan fingerprint density at radius 2 is 1.94 bits per heavy atom. The van der Waals surface area contributed by atoms with E-state index in [9.17, 15) is 0 Å². The summed E-state index contributed by atoms with van der Waals surface area (Å²) in [4.78, 5) is 2.51. The second-order valence-electron chi connectivity index (χ2n) is 5.45. The zero-order valence-electron chi connectivity index (χ0n) is 11.2. The largest absolute Gasteiger partial charge is 0.369 e. The van der Waals surface area contributed by atoms with Gasteiger partial charge >= 0.3 is 0 Å². The van der Waals surface area contributed by atoms with Crippen LogP contribution in [0.1, 0.15) is 45.2 Å². The molecule has 0 aromatic heterocycles. The molecule has 2 nitrogen and oxygen atoms in total. The van der Waals surface area contributed by atoms with Crippen LogP contribution >= 0.6 is 0 Å². The van der Waals surface area contributed by atoms with Crippen LogP contribution in [0.3, 0.4) is 0 Å². The summed E-state index contributed by atoms with van der Waals surface area (Å²) in [5.41, 5.74) is 8.62. The number of anilines is 1. The molecule has 2 heteroatoms. The predicted octanol–water partition coefficient (Wildman–Crippen LogP) is 3.33. The van der Waals surface area contributed by atoms with Crippen LogP contribution in [0.5, 0.6) is 0 Å². The standard InChI is InChI=1S/C15H24N2/c1-4-15(16)13-5-7-14(8-6-13)17-10-11(2)9-12(17)3/h5-8,11-12,15H,4,9-10,16H2,1-3H3/t11?,12?,15-/m0/s1. The third kappa shape index (κ3) is 2.63. The summed E-state index contributed by atoms with van der Waals surface area (Å²) < 4.78 is 0. The van der Waals surface area contributed by atoms with Crippen LogP contribution in [0.2, 0.25) is 0 Å². The van der Waals surface area contributed by atoms with E-state index in [1.54, 1.807) is 0 Å². The molecule has 1 saturated heterocycles. The first-order valence-electron chi connectivity index (χ1n) is 6.74. The zero-order chi connectivity index (χ0) is 12.4. The Morgan fingerprint density at radius 1 is 1.29 bits per heavy atom. The maximum absolute atomic E-state index is 6.03. The van der Waals surface area contributed by atoms with Crippen molar-refractivity contribution in [1.82, 2.24) is 0 Å². The summed E-state index contributed by atoms with van der Waals surface area (Å²) in [5, 5.41) is 0. The molecule has 0 amide bonds. The van der Waals surface area contributed by atoms with E-state index < -0.39 is 0 Å². The number of nitrogens with zero attached hydrogens (tertiary/aromatic N) is 1. The third-order valence-corrected chi connectivity index (χ3v) is 3.88. The molecule has 1 fully saturated rings. The predicted molar refractivity (Wildman–Crippen MR) is 74.3 cm³/mol. The molecule has 0 radical (unpaired) electrons. The van der Waals surface area contributed by atoms with Crippen molar-refractivity contribution in [3.63, 3.8) is 0 Å². The highest BCUT2D eigenvalue weighted by atomic mass is 15.2. The highest BCUT2D eigenvalue weighted by Gasteiger charge is 2.25. The van der Waals surface area contributed by atoms with Gasteiger partial charge in [-0.15, -0.1) is 0 Å². The van der Waals surface area contributed by atoms with Gasteiger partial charge in [-0.3, -0.25) is 0 Å².